The van der Waals surface area contributed by atoms with Crippen LogP contribution < -0.4 is 10.1 Å². The highest BCUT2D eigenvalue weighted by Crippen LogP contribution is 2.42. The summed E-state index contributed by atoms with van der Waals surface area (Å²) in [7, 11) is 1.59. The number of halogens is 1. The van der Waals surface area contributed by atoms with E-state index in [-0.39, 0.29) is 6.79 Å². The van der Waals surface area contributed by atoms with E-state index in [0.717, 1.165) is 25.5 Å². The smallest absolute Gasteiger partial charge is 0.188 e. The van der Waals surface area contributed by atoms with Crippen molar-refractivity contribution in [1.82, 2.24) is 5.32 Å². The van der Waals surface area contributed by atoms with E-state index >= 15 is 0 Å². The summed E-state index contributed by atoms with van der Waals surface area (Å²) >= 11 is 16.0. The Kier molecular flexibility index (Phi) is 5.56. The van der Waals surface area contributed by atoms with Gasteiger partial charge in [0.2, 0.25) is 0 Å². The fourth-order valence-electron chi connectivity index (χ4n) is 2.59. The fourth-order valence-corrected chi connectivity index (χ4v) is 4.90. The molecular formula is C17H14BrNO2S3. The van der Waals surface area contributed by atoms with Gasteiger partial charge in [-0.3, -0.25) is 0 Å². The number of hydrogen-bond donors (Lipinski definition) is 1. The molecule has 1 unspecified atom stereocenters. The van der Waals surface area contributed by atoms with Gasteiger partial charge in [-0.1, -0.05) is 76.4 Å². The molecule has 3 rings (SSSR count). The zero-order valence-electron chi connectivity index (χ0n) is 12.7. The third-order valence-electron chi connectivity index (χ3n) is 3.67. The van der Waals surface area contributed by atoms with E-state index < -0.39 is 5.54 Å². The van der Waals surface area contributed by atoms with Crippen LogP contribution in [-0.2, 0) is 10.3 Å². The molecule has 1 heterocycles. The first kappa shape index (κ1) is 17.8. The lowest BCUT2D eigenvalue weighted by molar-refractivity contribution is 0.0511. The molecule has 0 saturated carbocycles. The SMILES string of the molecule is COCOc1ccc(C2(c3cccc(Br)c3)NC(=S)SC2=S)cc1. The molecular weight excluding hydrogens is 426 g/mol. The Morgan fingerprint density at radius 3 is 2.46 bits per heavy atom. The number of ether oxygens (including phenoxy) is 2. The average Bonchev–Trinajstić information content (AvgIpc) is 2.88. The summed E-state index contributed by atoms with van der Waals surface area (Å²) in [5.74, 6) is 0.740. The Morgan fingerprint density at radius 2 is 1.88 bits per heavy atom. The zero-order valence-corrected chi connectivity index (χ0v) is 16.8. The number of thioether (sulfide) groups is 1. The lowest BCUT2D eigenvalue weighted by Crippen LogP contribution is -2.43. The predicted octanol–water partition coefficient (Wildman–Crippen LogP) is 4.62. The fraction of sp³-hybridized carbons (Fsp3) is 0.176. The van der Waals surface area contributed by atoms with Gasteiger partial charge in [0, 0.05) is 11.6 Å². The quantitative estimate of drug-likeness (QED) is 0.539. The molecule has 2 aromatic carbocycles. The summed E-state index contributed by atoms with van der Waals surface area (Å²) in [6, 6.07) is 15.9. The number of nitrogens with one attached hydrogen (secondary N) is 1. The molecule has 0 aromatic heterocycles. The van der Waals surface area contributed by atoms with Gasteiger partial charge in [-0.25, -0.2) is 0 Å². The lowest BCUT2D eigenvalue weighted by atomic mass is 9.84. The van der Waals surface area contributed by atoms with Gasteiger partial charge in [0.05, 0.1) is 4.20 Å². The van der Waals surface area contributed by atoms with Crippen LogP contribution in [0.3, 0.4) is 0 Å². The molecule has 0 amide bonds. The largest absolute Gasteiger partial charge is 0.468 e. The molecule has 2 aromatic rings. The predicted molar refractivity (Wildman–Crippen MR) is 110 cm³/mol. The molecule has 0 spiro atoms. The lowest BCUT2D eigenvalue weighted by Gasteiger charge is -2.30. The first-order valence-electron chi connectivity index (χ1n) is 7.09. The van der Waals surface area contributed by atoms with Gasteiger partial charge in [0.1, 0.15) is 15.6 Å². The van der Waals surface area contributed by atoms with Gasteiger partial charge in [0.25, 0.3) is 0 Å². The van der Waals surface area contributed by atoms with E-state index in [1.165, 1.54) is 11.8 Å². The van der Waals surface area contributed by atoms with Crippen LogP contribution in [0.2, 0.25) is 0 Å². The van der Waals surface area contributed by atoms with Crippen molar-refractivity contribution in [2.24, 2.45) is 0 Å². The van der Waals surface area contributed by atoms with Crippen molar-refractivity contribution >= 4 is 60.6 Å². The van der Waals surface area contributed by atoms with Crippen LogP contribution in [-0.4, -0.2) is 22.4 Å². The second kappa shape index (κ2) is 7.49. The highest BCUT2D eigenvalue weighted by molar-refractivity contribution is 9.10. The number of rotatable bonds is 5. The second-order valence-corrected chi connectivity index (χ2v) is 8.41. The van der Waals surface area contributed by atoms with Crippen molar-refractivity contribution in [3.8, 4) is 5.75 Å². The third-order valence-corrected chi connectivity index (χ3v) is 5.85. The molecule has 1 N–H and O–H groups in total. The molecule has 0 bridgehead atoms. The molecule has 0 radical (unpaired) electrons. The summed E-state index contributed by atoms with van der Waals surface area (Å²) < 4.78 is 12.9. The maximum absolute atomic E-state index is 5.69. The van der Waals surface area contributed by atoms with Gasteiger partial charge in [-0.05, 0) is 35.4 Å². The molecule has 3 nitrogen and oxygen atoms in total. The van der Waals surface area contributed by atoms with Gasteiger partial charge in [-0.15, -0.1) is 0 Å². The van der Waals surface area contributed by atoms with Crippen molar-refractivity contribution < 1.29 is 9.47 Å². The molecule has 1 atom stereocenters. The second-order valence-electron chi connectivity index (χ2n) is 5.14. The van der Waals surface area contributed by atoms with E-state index in [4.69, 9.17) is 33.9 Å². The Bertz CT molecular complexity index is 782. The molecule has 7 heteroatoms. The first-order chi connectivity index (χ1) is 11.6. The number of benzene rings is 2. The number of thiocarbonyl (C=S) groups is 2. The molecule has 1 fully saturated rings. The van der Waals surface area contributed by atoms with Gasteiger partial charge < -0.3 is 14.8 Å². The normalized spacial score (nSPS) is 20.1. The maximum Gasteiger partial charge on any atom is 0.188 e. The Hall–Kier alpha value is -0.990. The molecule has 0 aliphatic carbocycles. The molecule has 124 valence electrons. The standard InChI is InChI=1S/C17H14BrNO2S3/c1-20-10-21-14-7-5-11(6-8-14)17(15(22)24-16(23)19-17)12-3-2-4-13(18)9-12/h2-9H,10H2,1H3,(H,19,23). The molecule has 1 saturated heterocycles. The van der Waals surface area contributed by atoms with Crippen molar-refractivity contribution in [1.29, 1.82) is 0 Å². The Morgan fingerprint density at radius 1 is 1.12 bits per heavy atom. The Labute approximate surface area is 164 Å². The summed E-state index contributed by atoms with van der Waals surface area (Å²) in [6.07, 6.45) is 0. The number of methoxy groups -OCH3 is 1. The van der Waals surface area contributed by atoms with Crippen LogP contribution in [0.15, 0.2) is 53.0 Å². The minimum atomic E-state index is -0.624. The molecule has 1 aliphatic rings. The maximum atomic E-state index is 5.69. The molecule has 1 aliphatic heterocycles. The van der Waals surface area contributed by atoms with Gasteiger partial charge in [0.15, 0.2) is 6.79 Å². The van der Waals surface area contributed by atoms with Crippen LogP contribution in [0.4, 0.5) is 0 Å². The first-order valence-corrected chi connectivity index (χ1v) is 9.51. The number of hydrogen-bond acceptors (Lipinski definition) is 5. The summed E-state index contributed by atoms with van der Waals surface area (Å²) in [6.45, 7) is 0.215. The van der Waals surface area contributed by atoms with Crippen molar-refractivity contribution in [3.05, 3.63) is 64.1 Å². The van der Waals surface area contributed by atoms with Crippen LogP contribution >= 0.6 is 52.1 Å². The van der Waals surface area contributed by atoms with E-state index in [0.29, 0.717) is 4.32 Å². The average molecular weight is 440 g/mol. The summed E-state index contributed by atoms with van der Waals surface area (Å²) in [4.78, 5) is 0. The van der Waals surface area contributed by atoms with E-state index in [1.54, 1.807) is 7.11 Å². The van der Waals surface area contributed by atoms with Crippen LogP contribution in [0.5, 0.6) is 5.75 Å². The zero-order chi connectivity index (χ0) is 17.2. The van der Waals surface area contributed by atoms with E-state index in [2.05, 4.69) is 27.3 Å². The van der Waals surface area contributed by atoms with Crippen LogP contribution in [0.1, 0.15) is 11.1 Å². The van der Waals surface area contributed by atoms with E-state index in [9.17, 15) is 0 Å². The van der Waals surface area contributed by atoms with Crippen molar-refractivity contribution in [2.45, 2.75) is 5.54 Å². The van der Waals surface area contributed by atoms with Crippen molar-refractivity contribution in [3.63, 3.8) is 0 Å². The summed E-state index contributed by atoms with van der Waals surface area (Å²) in [5, 5.41) is 3.41. The summed E-state index contributed by atoms with van der Waals surface area (Å²) in [5.41, 5.74) is 1.43. The minimum absolute atomic E-state index is 0.215. The van der Waals surface area contributed by atoms with Gasteiger partial charge >= 0.3 is 0 Å². The van der Waals surface area contributed by atoms with Crippen LogP contribution in [0, 0.1) is 0 Å². The monoisotopic (exact) mass is 439 g/mol. The Balaban J connectivity index is 2.06. The topological polar surface area (TPSA) is 30.5 Å². The van der Waals surface area contributed by atoms with Crippen LogP contribution in [0.25, 0.3) is 0 Å². The van der Waals surface area contributed by atoms with E-state index in [1.807, 2.05) is 42.5 Å². The van der Waals surface area contributed by atoms with Gasteiger partial charge in [-0.2, -0.15) is 0 Å². The highest BCUT2D eigenvalue weighted by atomic mass is 79.9. The minimum Gasteiger partial charge on any atom is -0.468 e. The molecule has 24 heavy (non-hydrogen) atoms. The third kappa shape index (κ3) is 3.36. The highest BCUT2D eigenvalue weighted by Gasteiger charge is 2.45. The van der Waals surface area contributed by atoms with Crippen molar-refractivity contribution in [2.75, 3.05) is 13.9 Å².